The van der Waals surface area contributed by atoms with Crippen molar-refractivity contribution < 1.29 is 0 Å². The maximum absolute atomic E-state index is 9.09. The lowest BCUT2D eigenvalue weighted by Gasteiger charge is -2.35. The van der Waals surface area contributed by atoms with E-state index in [9.17, 15) is 0 Å². The quantitative estimate of drug-likeness (QED) is 0.787. The van der Waals surface area contributed by atoms with Crippen molar-refractivity contribution >= 4 is 0 Å². The molecule has 90 valence electrons. The smallest absolute Gasteiger partial charge is 0.0703 e. The molecule has 2 nitrogen and oxygen atoms in total. The second-order valence-corrected chi connectivity index (χ2v) is 5.16. The van der Waals surface area contributed by atoms with Crippen molar-refractivity contribution in [3.8, 4) is 6.07 Å². The van der Waals surface area contributed by atoms with Gasteiger partial charge in [0.25, 0.3) is 0 Å². The number of aryl methyl sites for hydroxylation is 1. The molecule has 1 aromatic rings. The van der Waals surface area contributed by atoms with Crippen molar-refractivity contribution in [3.63, 3.8) is 0 Å². The van der Waals surface area contributed by atoms with Crippen LogP contribution in [0.3, 0.4) is 0 Å². The first-order chi connectivity index (χ1) is 8.24. The minimum absolute atomic E-state index is 0.0483. The minimum Gasteiger partial charge on any atom is -0.315 e. The molecule has 1 fully saturated rings. The van der Waals surface area contributed by atoms with Crippen LogP contribution in [0.4, 0.5) is 0 Å². The number of nitrogens with zero attached hydrogens (tertiary/aromatic N) is 1. The Hall–Kier alpha value is -1.33. The van der Waals surface area contributed by atoms with E-state index in [0.29, 0.717) is 0 Å². The molecule has 0 amide bonds. The first kappa shape index (κ1) is 12.1. The number of rotatable bonds is 5. The topological polar surface area (TPSA) is 35.8 Å². The number of benzene rings is 1. The summed E-state index contributed by atoms with van der Waals surface area (Å²) in [4.78, 5) is 0. The Morgan fingerprint density at radius 2 is 2.00 bits per heavy atom. The van der Waals surface area contributed by atoms with E-state index >= 15 is 0 Å². The highest BCUT2D eigenvalue weighted by molar-refractivity contribution is 5.21. The SMILES string of the molecule is Cc1ccc(CCNCC2(C#N)CCC2)cc1. The highest BCUT2D eigenvalue weighted by atomic mass is 14.9. The molecular formula is C15H20N2. The lowest BCUT2D eigenvalue weighted by atomic mass is 9.70. The number of nitriles is 1. The van der Waals surface area contributed by atoms with E-state index in [-0.39, 0.29) is 5.41 Å². The van der Waals surface area contributed by atoms with Crippen LogP contribution in [0, 0.1) is 23.7 Å². The summed E-state index contributed by atoms with van der Waals surface area (Å²) in [6, 6.07) is 11.1. The van der Waals surface area contributed by atoms with Crippen LogP contribution < -0.4 is 5.32 Å². The third-order valence-corrected chi connectivity index (χ3v) is 3.72. The van der Waals surface area contributed by atoms with Crippen LogP contribution >= 0.6 is 0 Å². The van der Waals surface area contributed by atoms with Gasteiger partial charge in [0.05, 0.1) is 11.5 Å². The summed E-state index contributed by atoms with van der Waals surface area (Å²) >= 11 is 0. The Morgan fingerprint density at radius 1 is 1.29 bits per heavy atom. The molecule has 1 aliphatic rings. The number of hydrogen-bond donors (Lipinski definition) is 1. The molecule has 0 aromatic heterocycles. The molecule has 0 heterocycles. The van der Waals surface area contributed by atoms with E-state index in [1.54, 1.807) is 0 Å². The van der Waals surface area contributed by atoms with E-state index in [1.807, 2.05) is 0 Å². The predicted molar refractivity (Wildman–Crippen MR) is 69.6 cm³/mol. The third kappa shape index (κ3) is 3.08. The van der Waals surface area contributed by atoms with Crippen molar-refractivity contribution in [2.75, 3.05) is 13.1 Å². The molecule has 2 rings (SSSR count). The Labute approximate surface area is 104 Å². The van der Waals surface area contributed by atoms with Gasteiger partial charge in [-0.3, -0.25) is 0 Å². The van der Waals surface area contributed by atoms with Gasteiger partial charge in [0, 0.05) is 6.54 Å². The van der Waals surface area contributed by atoms with Crippen LogP contribution in [0.5, 0.6) is 0 Å². The van der Waals surface area contributed by atoms with Crippen molar-refractivity contribution in [2.24, 2.45) is 5.41 Å². The Bertz CT molecular complexity index is 396. The Kier molecular flexibility index (Phi) is 3.81. The van der Waals surface area contributed by atoms with Gasteiger partial charge in [0.15, 0.2) is 0 Å². The zero-order chi connectivity index (χ0) is 12.1. The molecule has 1 aromatic carbocycles. The van der Waals surface area contributed by atoms with E-state index in [2.05, 4.69) is 42.6 Å². The predicted octanol–water partition coefficient (Wildman–Crippen LogP) is 2.82. The summed E-state index contributed by atoms with van der Waals surface area (Å²) in [6.45, 7) is 3.93. The lowest BCUT2D eigenvalue weighted by molar-refractivity contribution is 0.208. The van der Waals surface area contributed by atoms with Gasteiger partial charge in [-0.15, -0.1) is 0 Å². The van der Waals surface area contributed by atoms with Crippen LogP contribution in [0.1, 0.15) is 30.4 Å². The van der Waals surface area contributed by atoms with Gasteiger partial charge in [-0.2, -0.15) is 5.26 Å². The second-order valence-electron chi connectivity index (χ2n) is 5.16. The first-order valence-electron chi connectivity index (χ1n) is 6.42. The summed E-state index contributed by atoms with van der Waals surface area (Å²) in [5, 5.41) is 12.5. The zero-order valence-corrected chi connectivity index (χ0v) is 10.5. The van der Waals surface area contributed by atoms with E-state index < -0.39 is 0 Å². The minimum atomic E-state index is -0.0483. The molecule has 0 unspecified atom stereocenters. The summed E-state index contributed by atoms with van der Waals surface area (Å²) in [5.74, 6) is 0. The maximum Gasteiger partial charge on any atom is 0.0703 e. The summed E-state index contributed by atoms with van der Waals surface area (Å²) in [5.41, 5.74) is 2.62. The van der Waals surface area contributed by atoms with Gasteiger partial charge in [-0.05, 0) is 38.3 Å². The fraction of sp³-hybridized carbons (Fsp3) is 0.533. The van der Waals surface area contributed by atoms with Crippen LogP contribution in [0.25, 0.3) is 0 Å². The monoisotopic (exact) mass is 228 g/mol. The molecule has 0 spiro atoms. The van der Waals surface area contributed by atoms with Crippen LogP contribution in [0.15, 0.2) is 24.3 Å². The van der Waals surface area contributed by atoms with Gasteiger partial charge >= 0.3 is 0 Å². The summed E-state index contributed by atoms with van der Waals surface area (Å²) < 4.78 is 0. The van der Waals surface area contributed by atoms with E-state index in [4.69, 9.17) is 5.26 Å². The molecule has 0 aliphatic heterocycles. The zero-order valence-electron chi connectivity index (χ0n) is 10.5. The molecule has 0 saturated heterocycles. The number of nitrogens with one attached hydrogen (secondary N) is 1. The van der Waals surface area contributed by atoms with Gasteiger partial charge in [-0.1, -0.05) is 36.2 Å². The standard InChI is InChI=1S/C15H20N2/c1-13-3-5-14(6-4-13)7-10-17-12-15(11-16)8-2-9-15/h3-6,17H,2,7-10,12H2,1H3. The molecule has 0 atom stereocenters. The summed E-state index contributed by atoms with van der Waals surface area (Å²) in [7, 11) is 0. The maximum atomic E-state index is 9.09. The fourth-order valence-corrected chi connectivity index (χ4v) is 2.25. The average molecular weight is 228 g/mol. The van der Waals surface area contributed by atoms with Gasteiger partial charge < -0.3 is 5.32 Å². The van der Waals surface area contributed by atoms with Gasteiger partial charge in [0.2, 0.25) is 0 Å². The highest BCUT2D eigenvalue weighted by Gasteiger charge is 2.36. The Balaban J connectivity index is 1.70. The molecule has 0 radical (unpaired) electrons. The molecule has 2 heteroatoms. The van der Waals surface area contributed by atoms with Gasteiger partial charge in [0.1, 0.15) is 0 Å². The van der Waals surface area contributed by atoms with Crippen LogP contribution in [0.2, 0.25) is 0 Å². The van der Waals surface area contributed by atoms with Crippen molar-refractivity contribution in [1.29, 1.82) is 5.26 Å². The molecule has 0 bridgehead atoms. The Morgan fingerprint density at radius 3 is 2.53 bits per heavy atom. The first-order valence-corrected chi connectivity index (χ1v) is 6.42. The van der Waals surface area contributed by atoms with E-state index in [1.165, 1.54) is 17.5 Å². The lowest BCUT2D eigenvalue weighted by Crippen LogP contribution is -2.39. The second kappa shape index (κ2) is 5.33. The van der Waals surface area contributed by atoms with Gasteiger partial charge in [-0.25, -0.2) is 0 Å². The average Bonchev–Trinajstić information content (AvgIpc) is 2.30. The van der Waals surface area contributed by atoms with Crippen molar-refractivity contribution in [1.82, 2.24) is 5.32 Å². The molecule has 1 aliphatic carbocycles. The van der Waals surface area contributed by atoms with Crippen LogP contribution in [-0.4, -0.2) is 13.1 Å². The summed E-state index contributed by atoms with van der Waals surface area (Å²) in [6.07, 6.45) is 4.40. The fourth-order valence-electron chi connectivity index (χ4n) is 2.25. The largest absolute Gasteiger partial charge is 0.315 e. The van der Waals surface area contributed by atoms with Crippen molar-refractivity contribution in [3.05, 3.63) is 35.4 Å². The van der Waals surface area contributed by atoms with E-state index in [0.717, 1.165) is 32.4 Å². The van der Waals surface area contributed by atoms with Crippen molar-refractivity contribution in [2.45, 2.75) is 32.6 Å². The molecule has 17 heavy (non-hydrogen) atoms. The molecular weight excluding hydrogens is 208 g/mol. The van der Waals surface area contributed by atoms with Crippen LogP contribution in [-0.2, 0) is 6.42 Å². The molecule has 1 saturated carbocycles. The number of hydrogen-bond acceptors (Lipinski definition) is 2. The molecule has 1 N–H and O–H groups in total. The third-order valence-electron chi connectivity index (χ3n) is 3.72. The highest BCUT2D eigenvalue weighted by Crippen LogP contribution is 2.39. The normalized spacial score (nSPS) is 17.2.